The summed E-state index contributed by atoms with van der Waals surface area (Å²) in [7, 11) is 1.50. The number of hydrogen-bond acceptors (Lipinski definition) is 5. The Morgan fingerprint density at radius 1 is 1.82 bits per heavy atom. The predicted octanol–water partition coefficient (Wildman–Crippen LogP) is -0.256. The van der Waals surface area contributed by atoms with Crippen molar-refractivity contribution < 1.29 is 4.79 Å². The molecule has 0 aliphatic rings. The smallest absolute Gasteiger partial charge is 0.339 e. The molecule has 0 saturated carbocycles. The summed E-state index contributed by atoms with van der Waals surface area (Å²) in [6.45, 7) is 0. The Bertz CT molecular complexity index is 259. The number of nitrogens with zero attached hydrogens (tertiary/aromatic N) is 4. The fourth-order valence-electron chi connectivity index (χ4n) is 0.502. The molecule has 0 aromatic carbocycles. The molecule has 0 fully saturated rings. The van der Waals surface area contributed by atoms with Gasteiger partial charge in [0.15, 0.2) is 0 Å². The van der Waals surface area contributed by atoms with Gasteiger partial charge in [-0.15, -0.1) is 9.78 Å². The molecular formula is C4H6N5OS. The second-order valence-corrected chi connectivity index (χ2v) is 2.23. The lowest BCUT2D eigenvalue weighted by atomic mass is 10.9. The molecule has 0 atom stereocenters. The normalized spacial score (nSPS) is 9.64. The van der Waals surface area contributed by atoms with Crippen LogP contribution in [0.2, 0.25) is 0 Å². The van der Waals surface area contributed by atoms with Gasteiger partial charge < -0.3 is 5.32 Å². The number of aromatic nitrogens is 4. The van der Waals surface area contributed by atoms with Crippen molar-refractivity contribution >= 4 is 17.8 Å². The molecule has 0 bridgehead atoms. The van der Waals surface area contributed by atoms with Gasteiger partial charge in [-0.05, 0) is 10.4 Å². The fourth-order valence-corrected chi connectivity index (χ4v) is 0.838. The fraction of sp³-hybridized carbons (Fsp3) is 0.250. The molecule has 1 amide bonds. The van der Waals surface area contributed by atoms with E-state index in [0.29, 0.717) is 5.16 Å². The largest absolute Gasteiger partial charge is 0.345 e. The van der Waals surface area contributed by atoms with Crippen molar-refractivity contribution in [1.29, 1.82) is 0 Å². The first kappa shape index (κ1) is 7.99. The molecule has 1 heterocycles. The third-order valence-corrected chi connectivity index (χ3v) is 1.49. The first-order valence-corrected chi connectivity index (χ1v) is 3.70. The number of amides is 1. The third kappa shape index (κ3) is 1.48. The Morgan fingerprint density at radius 3 is 3.09 bits per heavy atom. The SMILES string of the molecule is [CH2]Sc1nnnn1C(=O)NC. The van der Waals surface area contributed by atoms with Gasteiger partial charge in [0.05, 0.1) is 0 Å². The van der Waals surface area contributed by atoms with Crippen LogP contribution in [0.3, 0.4) is 0 Å². The van der Waals surface area contributed by atoms with E-state index in [4.69, 9.17) is 0 Å². The number of thioether (sulfide) groups is 1. The highest BCUT2D eigenvalue weighted by Gasteiger charge is 2.09. The Morgan fingerprint density at radius 2 is 2.55 bits per heavy atom. The molecule has 11 heavy (non-hydrogen) atoms. The van der Waals surface area contributed by atoms with E-state index >= 15 is 0 Å². The average Bonchev–Trinajstić information content (AvgIpc) is 2.50. The quantitative estimate of drug-likeness (QED) is 0.467. The van der Waals surface area contributed by atoms with Gasteiger partial charge in [-0.25, -0.2) is 4.79 Å². The zero-order valence-electron chi connectivity index (χ0n) is 5.81. The number of hydrogen-bond donors (Lipinski definition) is 1. The Hall–Kier alpha value is -1.11. The van der Waals surface area contributed by atoms with Gasteiger partial charge in [0, 0.05) is 13.3 Å². The van der Waals surface area contributed by atoms with Gasteiger partial charge in [-0.2, -0.15) is 0 Å². The second kappa shape index (κ2) is 3.33. The van der Waals surface area contributed by atoms with Crippen LogP contribution < -0.4 is 5.32 Å². The molecule has 1 N–H and O–H groups in total. The zero-order chi connectivity index (χ0) is 8.27. The highest BCUT2D eigenvalue weighted by molar-refractivity contribution is 8.00. The molecule has 0 aliphatic carbocycles. The zero-order valence-corrected chi connectivity index (χ0v) is 6.63. The van der Waals surface area contributed by atoms with E-state index in [1.165, 1.54) is 7.05 Å². The molecule has 0 aliphatic heterocycles. The third-order valence-electron chi connectivity index (χ3n) is 0.976. The minimum atomic E-state index is -0.374. The maximum absolute atomic E-state index is 10.9. The number of carbonyl (C=O) groups excluding carboxylic acids is 1. The van der Waals surface area contributed by atoms with Crippen LogP contribution in [0.5, 0.6) is 0 Å². The van der Waals surface area contributed by atoms with Gasteiger partial charge in [-0.3, -0.25) is 0 Å². The number of carbonyl (C=O) groups is 1. The predicted molar refractivity (Wildman–Crippen MR) is 38.9 cm³/mol. The number of rotatable bonds is 1. The highest BCUT2D eigenvalue weighted by atomic mass is 32.2. The molecule has 0 saturated heterocycles. The Balaban J connectivity index is 2.92. The second-order valence-electron chi connectivity index (χ2n) is 1.57. The lowest BCUT2D eigenvalue weighted by molar-refractivity contribution is 0.239. The lowest BCUT2D eigenvalue weighted by Gasteiger charge is -1.97. The Labute approximate surface area is 67.3 Å². The standard InChI is InChI=1S/C4H6N5OS/c1-5-3(10)9-4(11-2)6-7-8-9/h2H2,1H3,(H,5,10). The summed E-state index contributed by atoms with van der Waals surface area (Å²) < 4.78 is 1.04. The van der Waals surface area contributed by atoms with E-state index in [1.807, 2.05) is 0 Å². The summed E-state index contributed by atoms with van der Waals surface area (Å²) in [5.41, 5.74) is 0. The molecular weight excluding hydrogens is 166 g/mol. The van der Waals surface area contributed by atoms with Crippen molar-refractivity contribution in [2.24, 2.45) is 0 Å². The van der Waals surface area contributed by atoms with Crippen molar-refractivity contribution in [2.75, 3.05) is 7.05 Å². The topological polar surface area (TPSA) is 72.7 Å². The molecule has 1 rings (SSSR count). The van der Waals surface area contributed by atoms with E-state index in [1.54, 1.807) is 0 Å². The molecule has 1 radical (unpaired) electrons. The van der Waals surface area contributed by atoms with Crippen LogP contribution in [0.1, 0.15) is 0 Å². The first-order valence-electron chi connectivity index (χ1n) is 2.72. The van der Waals surface area contributed by atoms with Gasteiger partial charge >= 0.3 is 6.03 Å². The van der Waals surface area contributed by atoms with Gasteiger partial charge in [0.1, 0.15) is 0 Å². The average molecular weight is 172 g/mol. The van der Waals surface area contributed by atoms with Crippen LogP contribution in [-0.4, -0.2) is 33.3 Å². The molecule has 6 nitrogen and oxygen atoms in total. The summed E-state index contributed by atoms with van der Waals surface area (Å²) in [4.78, 5) is 10.9. The summed E-state index contributed by atoms with van der Waals surface area (Å²) in [5.74, 6) is 0. The van der Waals surface area contributed by atoms with Crippen molar-refractivity contribution in [1.82, 2.24) is 25.5 Å². The monoisotopic (exact) mass is 172 g/mol. The van der Waals surface area contributed by atoms with Crippen molar-refractivity contribution in [3.63, 3.8) is 0 Å². The van der Waals surface area contributed by atoms with Crippen LogP contribution in [0.4, 0.5) is 4.79 Å². The summed E-state index contributed by atoms with van der Waals surface area (Å²) in [6, 6.07) is -0.374. The van der Waals surface area contributed by atoms with E-state index in [2.05, 4.69) is 27.1 Å². The van der Waals surface area contributed by atoms with Crippen LogP contribution in [0, 0.1) is 6.26 Å². The molecule has 1 aromatic heterocycles. The van der Waals surface area contributed by atoms with Crippen LogP contribution in [-0.2, 0) is 0 Å². The van der Waals surface area contributed by atoms with Crippen LogP contribution in [0.25, 0.3) is 0 Å². The first-order chi connectivity index (χ1) is 5.29. The Kier molecular flexibility index (Phi) is 2.42. The van der Waals surface area contributed by atoms with E-state index < -0.39 is 0 Å². The van der Waals surface area contributed by atoms with Gasteiger partial charge in [0.2, 0.25) is 5.16 Å². The maximum Gasteiger partial charge on any atom is 0.345 e. The summed E-state index contributed by atoms with van der Waals surface area (Å²) in [6.07, 6.45) is 3.48. The molecule has 0 unspecified atom stereocenters. The minimum absolute atomic E-state index is 0.365. The molecule has 0 spiro atoms. The molecule has 59 valence electrons. The number of nitrogens with one attached hydrogen (secondary N) is 1. The molecule has 7 heteroatoms. The van der Waals surface area contributed by atoms with Crippen LogP contribution in [0.15, 0.2) is 5.16 Å². The lowest BCUT2D eigenvalue weighted by Crippen LogP contribution is -2.26. The van der Waals surface area contributed by atoms with Gasteiger partial charge in [-0.1, -0.05) is 11.8 Å². The molecule has 1 aromatic rings. The summed E-state index contributed by atoms with van der Waals surface area (Å²) >= 11 is 1.06. The highest BCUT2D eigenvalue weighted by Crippen LogP contribution is 2.09. The van der Waals surface area contributed by atoms with Crippen molar-refractivity contribution in [2.45, 2.75) is 5.16 Å². The van der Waals surface area contributed by atoms with Crippen LogP contribution >= 0.6 is 11.8 Å². The van der Waals surface area contributed by atoms with Crippen molar-refractivity contribution in [3.8, 4) is 0 Å². The van der Waals surface area contributed by atoms with E-state index in [0.717, 1.165) is 16.4 Å². The summed E-state index contributed by atoms with van der Waals surface area (Å²) in [5, 5.41) is 13.0. The van der Waals surface area contributed by atoms with Gasteiger partial charge in [0.25, 0.3) is 0 Å². The number of tetrazole rings is 1. The van der Waals surface area contributed by atoms with E-state index in [-0.39, 0.29) is 6.03 Å². The maximum atomic E-state index is 10.9. The van der Waals surface area contributed by atoms with E-state index in [9.17, 15) is 4.79 Å². The minimum Gasteiger partial charge on any atom is -0.339 e. The van der Waals surface area contributed by atoms with Crippen molar-refractivity contribution in [3.05, 3.63) is 6.26 Å².